The molecule has 94 valence electrons. The van der Waals surface area contributed by atoms with Crippen LogP contribution in [0.5, 0.6) is 5.75 Å². The average Bonchev–Trinajstić information content (AvgIpc) is 2.28. The van der Waals surface area contributed by atoms with Crippen LogP contribution in [-0.2, 0) is 0 Å². The lowest BCUT2D eigenvalue weighted by Crippen LogP contribution is -2.26. The smallest absolute Gasteiger partial charge is 0.126 e. The quantitative estimate of drug-likeness (QED) is 0.857. The Kier molecular flexibility index (Phi) is 4.77. The summed E-state index contributed by atoms with van der Waals surface area (Å²) < 4.78 is 6.92. The van der Waals surface area contributed by atoms with Crippen LogP contribution in [0.3, 0.4) is 0 Å². The van der Waals surface area contributed by atoms with Gasteiger partial charge in [0.1, 0.15) is 11.9 Å². The second-order valence-electron chi connectivity index (χ2n) is 4.16. The molecule has 1 aliphatic heterocycles. The second-order valence-corrected chi connectivity index (χ2v) is 6.47. The Morgan fingerprint density at radius 2 is 2.35 bits per heavy atom. The van der Waals surface area contributed by atoms with E-state index in [1.165, 1.54) is 0 Å². The summed E-state index contributed by atoms with van der Waals surface area (Å²) in [5, 5.41) is 10.1. The molecule has 1 unspecified atom stereocenters. The van der Waals surface area contributed by atoms with Gasteiger partial charge in [-0.3, -0.25) is 0 Å². The van der Waals surface area contributed by atoms with Crippen molar-refractivity contribution in [2.45, 2.75) is 32.0 Å². The molecule has 4 heteroatoms. The molecule has 2 atom stereocenters. The fraction of sp³-hybridized carbons (Fsp3) is 0.538. The number of hydrogen-bond donors (Lipinski definition) is 1. The second kappa shape index (κ2) is 6.12. The largest absolute Gasteiger partial charge is 0.490 e. The summed E-state index contributed by atoms with van der Waals surface area (Å²) in [5.41, 5.74) is 0.910. The van der Waals surface area contributed by atoms with E-state index in [-0.39, 0.29) is 12.2 Å². The Hall–Kier alpha value is -0.190. The van der Waals surface area contributed by atoms with Gasteiger partial charge in [0.15, 0.2) is 0 Å². The predicted molar refractivity (Wildman–Crippen MR) is 75.8 cm³/mol. The van der Waals surface area contributed by atoms with Crippen molar-refractivity contribution in [1.29, 1.82) is 0 Å². The van der Waals surface area contributed by atoms with E-state index in [1.54, 1.807) is 0 Å². The number of fused-ring (bicyclic) bond motifs is 1. The standard InChI is InChI=1S/C13H17BrO2S/c1-2-17-6-5-10-8-12(15)11-4-3-9(14)7-13(11)16-10/h3-4,7,10,12,15H,2,5-6,8H2,1H3/t10?,12-/m0/s1. The highest BCUT2D eigenvalue weighted by Gasteiger charge is 2.26. The first-order chi connectivity index (χ1) is 8.20. The van der Waals surface area contributed by atoms with E-state index in [0.717, 1.165) is 33.7 Å². The zero-order valence-corrected chi connectivity index (χ0v) is 12.3. The maximum atomic E-state index is 10.1. The van der Waals surface area contributed by atoms with Crippen LogP contribution in [-0.4, -0.2) is 22.7 Å². The number of aliphatic hydroxyl groups excluding tert-OH is 1. The van der Waals surface area contributed by atoms with Gasteiger partial charge in [0.05, 0.1) is 6.10 Å². The summed E-state index contributed by atoms with van der Waals surface area (Å²) in [6, 6.07) is 5.82. The van der Waals surface area contributed by atoms with Crippen LogP contribution < -0.4 is 4.74 Å². The molecule has 2 rings (SSSR count). The van der Waals surface area contributed by atoms with Gasteiger partial charge in [0, 0.05) is 16.5 Å². The molecule has 0 fully saturated rings. The fourth-order valence-corrected chi connectivity index (χ4v) is 3.08. The molecule has 1 aromatic carbocycles. The van der Waals surface area contributed by atoms with Gasteiger partial charge in [-0.25, -0.2) is 0 Å². The van der Waals surface area contributed by atoms with Gasteiger partial charge >= 0.3 is 0 Å². The molecule has 0 bridgehead atoms. The number of aliphatic hydroxyl groups is 1. The lowest BCUT2D eigenvalue weighted by atomic mass is 9.98. The lowest BCUT2D eigenvalue weighted by molar-refractivity contribution is 0.0648. The first kappa shape index (κ1) is 13.2. The van der Waals surface area contributed by atoms with Crippen LogP contribution in [0.25, 0.3) is 0 Å². The highest BCUT2D eigenvalue weighted by Crippen LogP contribution is 2.37. The Labute approximate surface area is 115 Å². The third kappa shape index (κ3) is 3.39. The van der Waals surface area contributed by atoms with Crippen molar-refractivity contribution < 1.29 is 9.84 Å². The van der Waals surface area contributed by atoms with Crippen LogP contribution >= 0.6 is 27.7 Å². The van der Waals surface area contributed by atoms with Gasteiger partial charge in [0.2, 0.25) is 0 Å². The minimum atomic E-state index is -0.386. The first-order valence-electron chi connectivity index (χ1n) is 5.92. The maximum absolute atomic E-state index is 10.1. The Bertz CT molecular complexity index is 384. The molecule has 0 radical (unpaired) electrons. The molecular formula is C13H17BrO2S. The van der Waals surface area contributed by atoms with E-state index in [1.807, 2.05) is 30.0 Å². The van der Waals surface area contributed by atoms with Crippen molar-refractivity contribution >= 4 is 27.7 Å². The van der Waals surface area contributed by atoms with Crippen molar-refractivity contribution in [2.24, 2.45) is 0 Å². The summed E-state index contributed by atoms with van der Waals surface area (Å²) >= 11 is 5.34. The van der Waals surface area contributed by atoms with E-state index in [9.17, 15) is 5.11 Å². The van der Waals surface area contributed by atoms with Crippen molar-refractivity contribution in [3.05, 3.63) is 28.2 Å². The molecular weight excluding hydrogens is 300 g/mol. The van der Waals surface area contributed by atoms with E-state index >= 15 is 0 Å². The average molecular weight is 317 g/mol. The third-order valence-corrected chi connectivity index (χ3v) is 4.33. The summed E-state index contributed by atoms with van der Waals surface area (Å²) in [6.07, 6.45) is 1.47. The molecule has 1 aromatic rings. The van der Waals surface area contributed by atoms with Gasteiger partial charge in [0.25, 0.3) is 0 Å². The van der Waals surface area contributed by atoms with Gasteiger partial charge in [-0.15, -0.1) is 0 Å². The van der Waals surface area contributed by atoms with Crippen molar-refractivity contribution in [3.63, 3.8) is 0 Å². The molecule has 1 aliphatic rings. The molecule has 0 aliphatic carbocycles. The van der Waals surface area contributed by atoms with E-state index in [2.05, 4.69) is 22.9 Å². The number of ether oxygens (including phenoxy) is 1. The van der Waals surface area contributed by atoms with Gasteiger partial charge < -0.3 is 9.84 Å². The molecule has 0 aromatic heterocycles. The van der Waals surface area contributed by atoms with Crippen molar-refractivity contribution in [2.75, 3.05) is 11.5 Å². The van der Waals surface area contributed by atoms with Crippen molar-refractivity contribution in [1.82, 2.24) is 0 Å². The van der Waals surface area contributed by atoms with Crippen LogP contribution in [0.2, 0.25) is 0 Å². The Balaban J connectivity index is 2.04. The summed E-state index contributed by atoms with van der Waals surface area (Å²) in [6.45, 7) is 2.16. The van der Waals surface area contributed by atoms with Crippen LogP contribution in [0.4, 0.5) is 0 Å². The topological polar surface area (TPSA) is 29.5 Å². The minimum absolute atomic E-state index is 0.144. The SMILES string of the molecule is CCSCCC1C[C@H](O)c2ccc(Br)cc2O1. The van der Waals surface area contributed by atoms with Gasteiger partial charge in [-0.1, -0.05) is 28.9 Å². The molecule has 2 nitrogen and oxygen atoms in total. The zero-order chi connectivity index (χ0) is 12.3. The zero-order valence-electron chi connectivity index (χ0n) is 9.86. The van der Waals surface area contributed by atoms with Gasteiger partial charge in [-0.2, -0.15) is 11.8 Å². The molecule has 1 heterocycles. The normalized spacial score (nSPS) is 23.0. The highest BCUT2D eigenvalue weighted by atomic mass is 79.9. The summed E-state index contributed by atoms with van der Waals surface area (Å²) in [4.78, 5) is 0. The van der Waals surface area contributed by atoms with E-state index < -0.39 is 0 Å². The fourth-order valence-electron chi connectivity index (χ4n) is 2.03. The third-order valence-electron chi connectivity index (χ3n) is 2.90. The summed E-state index contributed by atoms with van der Waals surface area (Å²) in [7, 11) is 0. The van der Waals surface area contributed by atoms with Gasteiger partial charge in [-0.05, 0) is 30.1 Å². The number of thioether (sulfide) groups is 1. The number of rotatable bonds is 4. The van der Waals surface area contributed by atoms with Crippen LogP contribution in [0.1, 0.15) is 31.4 Å². The van der Waals surface area contributed by atoms with Crippen LogP contribution in [0, 0.1) is 0 Å². The number of hydrogen-bond acceptors (Lipinski definition) is 3. The maximum Gasteiger partial charge on any atom is 0.126 e. The highest BCUT2D eigenvalue weighted by molar-refractivity contribution is 9.10. The number of halogens is 1. The number of benzene rings is 1. The molecule has 17 heavy (non-hydrogen) atoms. The van der Waals surface area contributed by atoms with Crippen LogP contribution in [0.15, 0.2) is 22.7 Å². The Morgan fingerprint density at radius 3 is 3.12 bits per heavy atom. The lowest BCUT2D eigenvalue weighted by Gasteiger charge is -2.29. The molecule has 0 amide bonds. The van der Waals surface area contributed by atoms with Crippen molar-refractivity contribution in [3.8, 4) is 5.75 Å². The molecule has 0 saturated carbocycles. The first-order valence-corrected chi connectivity index (χ1v) is 7.87. The molecule has 0 spiro atoms. The monoisotopic (exact) mass is 316 g/mol. The summed E-state index contributed by atoms with van der Waals surface area (Å²) in [5.74, 6) is 3.05. The molecule has 0 saturated heterocycles. The molecule has 1 N–H and O–H groups in total. The van der Waals surface area contributed by atoms with E-state index in [4.69, 9.17) is 4.74 Å². The van der Waals surface area contributed by atoms with E-state index in [0.29, 0.717) is 6.42 Å². The Morgan fingerprint density at radius 1 is 1.53 bits per heavy atom. The predicted octanol–water partition coefficient (Wildman–Crippen LogP) is 3.78. The minimum Gasteiger partial charge on any atom is -0.490 e.